The first-order valence-electron chi connectivity index (χ1n) is 10.9. The van der Waals surface area contributed by atoms with Crippen molar-refractivity contribution in [2.45, 2.75) is 63.6 Å². The topological polar surface area (TPSA) is 96.4 Å². The molecule has 1 atom stereocenters. The Bertz CT molecular complexity index is 874. The largest absolute Gasteiger partial charge is 0.492 e. The Morgan fingerprint density at radius 2 is 1.87 bits per heavy atom. The van der Waals surface area contributed by atoms with E-state index in [1.807, 2.05) is 20.8 Å². The SMILES string of the molecule is CC(C)(C)OC(=O)N1CCCC(COc2ccc(CO)cc2S(=O)(=O)N2CCCC2)C1. The van der Waals surface area contributed by atoms with Crippen LogP contribution in [0.1, 0.15) is 52.0 Å². The molecule has 1 N–H and O–H groups in total. The highest BCUT2D eigenvalue weighted by molar-refractivity contribution is 7.89. The summed E-state index contributed by atoms with van der Waals surface area (Å²) in [6, 6.07) is 4.78. The van der Waals surface area contributed by atoms with Gasteiger partial charge in [-0.25, -0.2) is 13.2 Å². The molecule has 1 aromatic carbocycles. The van der Waals surface area contributed by atoms with Crippen LogP contribution in [0.2, 0.25) is 0 Å². The van der Waals surface area contributed by atoms with Crippen molar-refractivity contribution in [3.05, 3.63) is 23.8 Å². The van der Waals surface area contributed by atoms with Crippen LogP contribution < -0.4 is 4.74 Å². The molecule has 0 radical (unpaired) electrons. The second-order valence-electron chi connectivity index (χ2n) is 9.30. The van der Waals surface area contributed by atoms with E-state index in [1.165, 1.54) is 10.4 Å². The van der Waals surface area contributed by atoms with Crippen molar-refractivity contribution in [2.24, 2.45) is 5.92 Å². The molecule has 8 nitrogen and oxygen atoms in total. The number of benzene rings is 1. The summed E-state index contributed by atoms with van der Waals surface area (Å²) in [4.78, 5) is 14.2. The minimum atomic E-state index is -3.69. The number of hydrogen-bond acceptors (Lipinski definition) is 6. The fourth-order valence-corrected chi connectivity index (χ4v) is 5.64. The second-order valence-corrected chi connectivity index (χ2v) is 11.2. The van der Waals surface area contributed by atoms with E-state index in [0.29, 0.717) is 44.1 Å². The van der Waals surface area contributed by atoms with Gasteiger partial charge in [-0.2, -0.15) is 4.31 Å². The molecular weight excluding hydrogens is 420 g/mol. The number of likely N-dealkylation sites (tertiary alicyclic amines) is 1. The van der Waals surface area contributed by atoms with Crippen LogP contribution in [0.3, 0.4) is 0 Å². The lowest BCUT2D eigenvalue weighted by molar-refractivity contribution is 0.0138. The fourth-order valence-electron chi connectivity index (χ4n) is 3.94. The summed E-state index contributed by atoms with van der Waals surface area (Å²) in [5.74, 6) is 0.375. The van der Waals surface area contributed by atoms with Gasteiger partial charge in [-0.3, -0.25) is 0 Å². The van der Waals surface area contributed by atoms with Gasteiger partial charge in [0, 0.05) is 32.1 Å². The number of sulfonamides is 1. The highest BCUT2D eigenvalue weighted by Gasteiger charge is 2.32. The van der Waals surface area contributed by atoms with Gasteiger partial charge >= 0.3 is 6.09 Å². The molecule has 0 aliphatic carbocycles. The van der Waals surface area contributed by atoms with E-state index in [0.717, 1.165) is 25.7 Å². The molecule has 1 amide bonds. The summed E-state index contributed by atoms with van der Waals surface area (Å²) >= 11 is 0. The smallest absolute Gasteiger partial charge is 0.410 e. The number of aliphatic hydroxyl groups excluding tert-OH is 1. The van der Waals surface area contributed by atoms with Gasteiger partial charge in [-0.1, -0.05) is 6.07 Å². The molecule has 2 heterocycles. The zero-order chi connectivity index (χ0) is 22.6. The molecule has 0 bridgehead atoms. The maximum Gasteiger partial charge on any atom is 0.410 e. The molecule has 1 aromatic rings. The highest BCUT2D eigenvalue weighted by Crippen LogP contribution is 2.31. The predicted octanol–water partition coefficient (Wildman–Crippen LogP) is 2.99. The average Bonchev–Trinajstić information content (AvgIpc) is 3.27. The van der Waals surface area contributed by atoms with Gasteiger partial charge in [0.05, 0.1) is 13.2 Å². The molecule has 9 heteroatoms. The van der Waals surface area contributed by atoms with E-state index in [9.17, 15) is 18.3 Å². The summed E-state index contributed by atoms with van der Waals surface area (Å²) in [5.41, 5.74) is -0.0211. The van der Waals surface area contributed by atoms with E-state index in [2.05, 4.69) is 0 Å². The molecule has 2 saturated heterocycles. The Balaban J connectivity index is 1.70. The van der Waals surface area contributed by atoms with Gasteiger partial charge in [-0.05, 0) is 64.2 Å². The van der Waals surface area contributed by atoms with E-state index < -0.39 is 15.6 Å². The zero-order valence-corrected chi connectivity index (χ0v) is 19.5. The molecule has 2 aliphatic heterocycles. The molecule has 174 valence electrons. The first kappa shape index (κ1) is 23.8. The minimum Gasteiger partial charge on any atom is -0.492 e. The van der Waals surface area contributed by atoms with Crippen molar-refractivity contribution in [1.29, 1.82) is 0 Å². The van der Waals surface area contributed by atoms with Crippen LogP contribution in [0.15, 0.2) is 23.1 Å². The van der Waals surface area contributed by atoms with Crippen molar-refractivity contribution in [3.63, 3.8) is 0 Å². The number of nitrogens with zero attached hydrogens (tertiary/aromatic N) is 2. The molecule has 31 heavy (non-hydrogen) atoms. The predicted molar refractivity (Wildman–Crippen MR) is 116 cm³/mol. The molecule has 1 unspecified atom stereocenters. The van der Waals surface area contributed by atoms with Crippen LogP contribution >= 0.6 is 0 Å². The lowest BCUT2D eigenvalue weighted by atomic mass is 9.99. The Labute approximate surface area is 185 Å². The molecule has 2 aliphatic rings. The van der Waals surface area contributed by atoms with Crippen molar-refractivity contribution >= 4 is 16.1 Å². The van der Waals surface area contributed by atoms with Crippen molar-refractivity contribution < 1.29 is 27.8 Å². The van der Waals surface area contributed by atoms with E-state index in [1.54, 1.807) is 17.0 Å². The van der Waals surface area contributed by atoms with Crippen LogP contribution in [0.4, 0.5) is 4.79 Å². The average molecular weight is 455 g/mol. The number of piperidine rings is 1. The molecule has 3 rings (SSSR count). The number of carbonyl (C=O) groups is 1. The lowest BCUT2D eigenvalue weighted by Gasteiger charge is -2.34. The molecule has 0 aromatic heterocycles. The molecule has 0 saturated carbocycles. The van der Waals surface area contributed by atoms with E-state index >= 15 is 0 Å². The van der Waals surface area contributed by atoms with E-state index in [4.69, 9.17) is 9.47 Å². The number of rotatable bonds is 6. The maximum absolute atomic E-state index is 13.1. The number of amides is 1. The Hall–Kier alpha value is -1.84. The Morgan fingerprint density at radius 3 is 2.52 bits per heavy atom. The Kier molecular flexibility index (Phi) is 7.49. The minimum absolute atomic E-state index is 0.0844. The monoisotopic (exact) mass is 454 g/mol. The summed E-state index contributed by atoms with van der Waals surface area (Å²) < 4.78 is 39.2. The maximum atomic E-state index is 13.1. The van der Waals surface area contributed by atoms with Gasteiger partial charge in [-0.15, -0.1) is 0 Å². The lowest BCUT2D eigenvalue weighted by Crippen LogP contribution is -2.44. The third kappa shape index (κ3) is 6.11. The third-order valence-corrected chi connectivity index (χ3v) is 7.44. The molecule has 0 spiro atoms. The van der Waals surface area contributed by atoms with Gasteiger partial charge in [0.2, 0.25) is 10.0 Å². The van der Waals surface area contributed by atoms with Crippen LogP contribution in [0.5, 0.6) is 5.75 Å². The van der Waals surface area contributed by atoms with Gasteiger partial charge in [0.25, 0.3) is 0 Å². The van der Waals surface area contributed by atoms with Crippen molar-refractivity contribution in [2.75, 3.05) is 32.8 Å². The number of aliphatic hydroxyl groups is 1. The van der Waals surface area contributed by atoms with Gasteiger partial charge < -0.3 is 19.5 Å². The van der Waals surface area contributed by atoms with Crippen LogP contribution in [-0.2, 0) is 21.4 Å². The Morgan fingerprint density at radius 1 is 1.16 bits per heavy atom. The quantitative estimate of drug-likeness (QED) is 0.710. The van der Waals surface area contributed by atoms with Crippen molar-refractivity contribution in [3.8, 4) is 5.75 Å². The summed E-state index contributed by atoms with van der Waals surface area (Å²) in [6.45, 7) is 7.74. The highest BCUT2D eigenvalue weighted by atomic mass is 32.2. The van der Waals surface area contributed by atoms with Gasteiger partial charge in [0.15, 0.2) is 0 Å². The first-order chi connectivity index (χ1) is 14.6. The first-order valence-corrected chi connectivity index (χ1v) is 12.4. The summed E-state index contributed by atoms with van der Waals surface area (Å²) in [7, 11) is -3.69. The standard InChI is InChI=1S/C22H34N2O6S/c1-22(2,3)30-21(26)23-10-6-7-18(14-23)16-29-19-9-8-17(15-25)13-20(19)31(27,28)24-11-4-5-12-24/h8-9,13,18,25H,4-7,10-12,14-16H2,1-3H3. The van der Waals surface area contributed by atoms with Crippen LogP contribution in [0.25, 0.3) is 0 Å². The van der Waals surface area contributed by atoms with Crippen LogP contribution in [-0.4, -0.2) is 67.2 Å². The number of ether oxygens (including phenoxy) is 2. The normalized spacial score (nSPS) is 20.6. The fraction of sp³-hybridized carbons (Fsp3) is 0.682. The number of hydrogen-bond donors (Lipinski definition) is 1. The summed E-state index contributed by atoms with van der Waals surface area (Å²) in [5, 5.41) is 9.48. The molecule has 2 fully saturated rings. The third-order valence-electron chi connectivity index (χ3n) is 5.52. The second kappa shape index (κ2) is 9.75. The number of carbonyl (C=O) groups excluding carboxylic acids is 1. The summed E-state index contributed by atoms with van der Waals surface area (Å²) in [6.07, 6.45) is 3.09. The van der Waals surface area contributed by atoms with Crippen molar-refractivity contribution in [1.82, 2.24) is 9.21 Å². The van der Waals surface area contributed by atoms with E-state index in [-0.39, 0.29) is 23.5 Å². The van der Waals surface area contributed by atoms with Gasteiger partial charge in [0.1, 0.15) is 16.2 Å². The van der Waals surface area contributed by atoms with Crippen LogP contribution in [0, 0.1) is 5.92 Å². The zero-order valence-electron chi connectivity index (χ0n) is 18.7. The molecular formula is C22H34N2O6S.